The SMILES string of the molecule is O[C@@H](CBr)c1ccc(F)cn1. The zero-order valence-electron chi connectivity index (χ0n) is 5.67. The molecule has 0 aliphatic heterocycles. The van der Waals surface area contributed by atoms with Gasteiger partial charge in [0.25, 0.3) is 0 Å². The Balaban J connectivity index is 2.81. The van der Waals surface area contributed by atoms with Crippen LogP contribution in [-0.2, 0) is 0 Å². The molecule has 0 amide bonds. The predicted molar refractivity (Wildman–Crippen MR) is 42.9 cm³/mol. The van der Waals surface area contributed by atoms with Gasteiger partial charge in [0.05, 0.1) is 11.9 Å². The van der Waals surface area contributed by atoms with Gasteiger partial charge in [-0.05, 0) is 12.1 Å². The molecule has 1 rings (SSSR count). The molecule has 0 aliphatic rings. The maximum Gasteiger partial charge on any atom is 0.141 e. The molecule has 0 aliphatic carbocycles. The predicted octanol–water partition coefficient (Wildman–Crippen LogP) is 1.65. The molecule has 4 heteroatoms. The second-order valence-electron chi connectivity index (χ2n) is 2.07. The summed E-state index contributed by atoms with van der Waals surface area (Å²) in [5, 5.41) is 9.60. The van der Waals surface area contributed by atoms with Crippen LogP contribution >= 0.6 is 15.9 Å². The van der Waals surface area contributed by atoms with Crippen LogP contribution < -0.4 is 0 Å². The Bertz CT molecular complexity index is 226. The standard InChI is InChI=1S/C7H7BrFNO/c8-3-7(11)6-2-1-5(9)4-10-6/h1-2,4,7,11H,3H2/t7-/m0/s1. The molecule has 0 bridgehead atoms. The number of alkyl halides is 1. The van der Waals surface area contributed by atoms with E-state index < -0.39 is 11.9 Å². The van der Waals surface area contributed by atoms with E-state index in [1.54, 1.807) is 0 Å². The van der Waals surface area contributed by atoms with Crippen LogP contribution in [0.1, 0.15) is 11.8 Å². The van der Waals surface area contributed by atoms with E-state index in [1.165, 1.54) is 12.1 Å². The molecule has 2 nitrogen and oxygen atoms in total. The van der Waals surface area contributed by atoms with Gasteiger partial charge in [0.2, 0.25) is 0 Å². The average Bonchev–Trinajstić information content (AvgIpc) is 2.05. The summed E-state index contributed by atoms with van der Waals surface area (Å²) in [5.41, 5.74) is 0.475. The van der Waals surface area contributed by atoms with Gasteiger partial charge >= 0.3 is 0 Å². The van der Waals surface area contributed by atoms with Crippen molar-refractivity contribution in [3.63, 3.8) is 0 Å². The monoisotopic (exact) mass is 219 g/mol. The molecule has 0 radical (unpaired) electrons. The van der Waals surface area contributed by atoms with Gasteiger partial charge in [-0.15, -0.1) is 0 Å². The Morgan fingerprint density at radius 1 is 1.64 bits per heavy atom. The lowest BCUT2D eigenvalue weighted by Gasteiger charge is -2.04. The number of hydrogen-bond acceptors (Lipinski definition) is 2. The van der Waals surface area contributed by atoms with Crippen LogP contribution in [0.25, 0.3) is 0 Å². The summed E-state index contributed by atoms with van der Waals surface area (Å²) >= 11 is 3.09. The van der Waals surface area contributed by atoms with Crippen LogP contribution in [0, 0.1) is 5.82 Å². The van der Waals surface area contributed by atoms with E-state index in [0.717, 1.165) is 6.20 Å². The molecule has 0 saturated carbocycles. The zero-order valence-corrected chi connectivity index (χ0v) is 7.25. The Kier molecular flexibility index (Phi) is 2.96. The normalized spacial score (nSPS) is 13.0. The Labute approximate surface area is 72.2 Å². The molecule has 0 aromatic carbocycles. The van der Waals surface area contributed by atoms with Crippen molar-refractivity contribution in [1.29, 1.82) is 0 Å². The van der Waals surface area contributed by atoms with Gasteiger partial charge in [0, 0.05) is 5.33 Å². The van der Waals surface area contributed by atoms with Crippen molar-refractivity contribution in [3.8, 4) is 0 Å². The van der Waals surface area contributed by atoms with Crippen molar-refractivity contribution in [2.24, 2.45) is 0 Å². The van der Waals surface area contributed by atoms with Crippen LogP contribution in [0.3, 0.4) is 0 Å². The number of aliphatic hydroxyl groups excluding tert-OH is 1. The van der Waals surface area contributed by atoms with Gasteiger partial charge in [0.1, 0.15) is 11.9 Å². The fourth-order valence-electron chi connectivity index (χ4n) is 0.663. The van der Waals surface area contributed by atoms with Gasteiger partial charge in [0.15, 0.2) is 0 Å². The van der Waals surface area contributed by atoms with E-state index in [4.69, 9.17) is 0 Å². The molecule has 0 saturated heterocycles. The third-order valence-corrected chi connectivity index (χ3v) is 1.85. The van der Waals surface area contributed by atoms with Crippen molar-refractivity contribution < 1.29 is 9.50 Å². The molecule has 1 heterocycles. The molecule has 0 spiro atoms. The molecule has 1 aromatic rings. The highest BCUT2D eigenvalue weighted by Gasteiger charge is 2.05. The van der Waals surface area contributed by atoms with Crippen molar-refractivity contribution >= 4 is 15.9 Å². The fraction of sp³-hybridized carbons (Fsp3) is 0.286. The smallest absolute Gasteiger partial charge is 0.141 e. The second kappa shape index (κ2) is 3.78. The highest BCUT2D eigenvalue weighted by atomic mass is 79.9. The second-order valence-corrected chi connectivity index (χ2v) is 2.72. The minimum absolute atomic E-state index is 0.393. The van der Waals surface area contributed by atoms with Crippen LogP contribution in [0.15, 0.2) is 18.3 Å². The Hall–Kier alpha value is -0.480. The maximum absolute atomic E-state index is 12.3. The topological polar surface area (TPSA) is 33.1 Å². The van der Waals surface area contributed by atoms with Gasteiger partial charge in [-0.2, -0.15) is 0 Å². The van der Waals surface area contributed by atoms with Crippen molar-refractivity contribution in [3.05, 3.63) is 29.8 Å². The van der Waals surface area contributed by atoms with E-state index in [1.807, 2.05) is 0 Å². The van der Waals surface area contributed by atoms with Crippen molar-refractivity contribution in [2.75, 3.05) is 5.33 Å². The molecular weight excluding hydrogens is 213 g/mol. The first-order valence-electron chi connectivity index (χ1n) is 3.09. The first kappa shape index (κ1) is 8.62. The lowest BCUT2D eigenvalue weighted by Crippen LogP contribution is -2.00. The summed E-state index contributed by atoms with van der Waals surface area (Å²) in [7, 11) is 0. The maximum atomic E-state index is 12.3. The largest absolute Gasteiger partial charge is 0.386 e. The third-order valence-electron chi connectivity index (χ3n) is 1.24. The van der Waals surface area contributed by atoms with Crippen LogP contribution in [0.5, 0.6) is 0 Å². The number of halogens is 2. The van der Waals surface area contributed by atoms with E-state index in [0.29, 0.717) is 11.0 Å². The Morgan fingerprint density at radius 2 is 2.36 bits per heavy atom. The summed E-state index contributed by atoms with van der Waals surface area (Å²) in [4.78, 5) is 3.69. The number of rotatable bonds is 2. The van der Waals surface area contributed by atoms with E-state index >= 15 is 0 Å². The number of aromatic nitrogens is 1. The van der Waals surface area contributed by atoms with Gasteiger partial charge in [-0.3, -0.25) is 4.98 Å². The molecule has 1 N–H and O–H groups in total. The molecule has 1 atom stereocenters. The molecule has 0 fully saturated rings. The molecular formula is C7H7BrFNO. The molecule has 11 heavy (non-hydrogen) atoms. The zero-order chi connectivity index (χ0) is 8.27. The summed E-state index contributed by atoms with van der Waals surface area (Å²) in [6.45, 7) is 0. The van der Waals surface area contributed by atoms with E-state index in [2.05, 4.69) is 20.9 Å². The first-order valence-corrected chi connectivity index (χ1v) is 4.21. The van der Waals surface area contributed by atoms with Crippen molar-refractivity contribution in [2.45, 2.75) is 6.10 Å². The summed E-state index contributed by atoms with van der Waals surface area (Å²) in [6.07, 6.45) is 0.428. The molecule has 60 valence electrons. The first-order chi connectivity index (χ1) is 5.24. The van der Waals surface area contributed by atoms with Crippen LogP contribution in [0.2, 0.25) is 0 Å². The fourth-order valence-corrected chi connectivity index (χ4v) is 0.995. The third kappa shape index (κ3) is 2.24. The number of aliphatic hydroxyl groups is 1. The van der Waals surface area contributed by atoms with Crippen LogP contribution in [-0.4, -0.2) is 15.4 Å². The van der Waals surface area contributed by atoms with Gasteiger partial charge in [-0.1, -0.05) is 15.9 Å². The minimum Gasteiger partial charge on any atom is -0.386 e. The number of nitrogens with zero attached hydrogens (tertiary/aromatic N) is 1. The van der Waals surface area contributed by atoms with E-state index in [-0.39, 0.29) is 0 Å². The highest BCUT2D eigenvalue weighted by Crippen LogP contribution is 2.11. The van der Waals surface area contributed by atoms with Gasteiger partial charge in [-0.25, -0.2) is 4.39 Å². The van der Waals surface area contributed by atoms with Gasteiger partial charge < -0.3 is 5.11 Å². The number of pyridine rings is 1. The average molecular weight is 220 g/mol. The lowest BCUT2D eigenvalue weighted by atomic mass is 10.2. The molecule has 0 unspecified atom stereocenters. The summed E-state index contributed by atoms with van der Waals surface area (Å²) in [5.74, 6) is -0.393. The summed E-state index contributed by atoms with van der Waals surface area (Å²) < 4.78 is 12.3. The quantitative estimate of drug-likeness (QED) is 0.768. The number of hydrogen-bond donors (Lipinski definition) is 1. The minimum atomic E-state index is -0.657. The van der Waals surface area contributed by atoms with Crippen LogP contribution in [0.4, 0.5) is 4.39 Å². The van der Waals surface area contributed by atoms with E-state index in [9.17, 15) is 9.50 Å². The van der Waals surface area contributed by atoms with Crippen molar-refractivity contribution in [1.82, 2.24) is 4.98 Å². The lowest BCUT2D eigenvalue weighted by molar-refractivity contribution is 0.200. The Morgan fingerprint density at radius 3 is 2.82 bits per heavy atom. The highest BCUT2D eigenvalue weighted by molar-refractivity contribution is 9.09. The summed E-state index contributed by atoms with van der Waals surface area (Å²) in [6, 6.07) is 2.73. The molecule has 1 aromatic heterocycles.